The van der Waals surface area contributed by atoms with Crippen molar-refractivity contribution >= 4 is 5.91 Å². The standard InChI is InChI=1S/C17H28N4O3/c1-19(14-4-10-24-11-5-14)15-2-7-21(8-3-16(15)22)17(23)12-20-9-6-18-13-20/h6,9,13-16,22H,2-5,7-8,10-12H2,1H3/t15-,16-/m0/s1. The van der Waals surface area contributed by atoms with Crippen LogP contribution in [0.25, 0.3) is 0 Å². The van der Waals surface area contributed by atoms with Gasteiger partial charge in [-0.3, -0.25) is 9.69 Å². The number of likely N-dealkylation sites (N-methyl/N-ethyl adjacent to an activating group) is 1. The quantitative estimate of drug-likeness (QED) is 0.859. The van der Waals surface area contributed by atoms with Crippen LogP contribution >= 0.6 is 0 Å². The van der Waals surface area contributed by atoms with Gasteiger partial charge in [0.25, 0.3) is 0 Å². The van der Waals surface area contributed by atoms with E-state index in [2.05, 4.69) is 16.9 Å². The second kappa shape index (κ2) is 8.09. The van der Waals surface area contributed by atoms with Crippen LogP contribution in [-0.4, -0.2) is 81.9 Å². The highest BCUT2D eigenvalue weighted by molar-refractivity contribution is 5.76. The smallest absolute Gasteiger partial charge is 0.242 e. The number of hydrogen-bond acceptors (Lipinski definition) is 5. The molecule has 7 nitrogen and oxygen atoms in total. The monoisotopic (exact) mass is 336 g/mol. The Bertz CT molecular complexity index is 516. The molecule has 0 saturated carbocycles. The Balaban J connectivity index is 1.57. The van der Waals surface area contributed by atoms with Gasteiger partial charge in [-0.05, 0) is 32.7 Å². The van der Waals surface area contributed by atoms with Crippen molar-refractivity contribution in [1.29, 1.82) is 0 Å². The first-order chi connectivity index (χ1) is 11.6. The zero-order chi connectivity index (χ0) is 16.9. The summed E-state index contributed by atoms with van der Waals surface area (Å²) in [6.07, 6.45) is 8.23. The molecule has 2 saturated heterocycles. The van der Waals surface area contributed by atoms with E-state index in [1.54, 1.807) is 23.3 Å². The van der Waals surface area contributed by atoms with Crippen molar-refractivity contribution in [2.75, 3.05) is 33.4 Å². The summed E-state index contributed by atoms with van der Waals surface area (Å²) in [5, 5.41) is 10.6. The highest BCUT2D eigenvalue weighted by Crippen LogP contribution is 2.23. The van der Waals surface area contributed by atoms with Crippen molar-refractivity contribution < 1.29 is 14.6 Å². The first-order valence-electron chi connectivity index (χ1n) is 8.86. The average molecular weight is 336 g/mol. The van der Waals surface area contributed by atoms with Crippen LogP contribution in [0.15, 0.2) is 18.7 Å². The van der Waals surface area contributed by atoms with Gasteiger partial charge >= 0.3 is 0 Å². The molecule has 24 heavy (non-hydrogen) atoms. The molecule has 3 rings (SSSR count). The first-order valence-corrected chi connectivity index (χ1v) is 8.86. The lowest BCUT2D eigenvalue weighted by Gasteiger charge is -2.38. The number of hydrogen-bond donors (Lipinski definition) is 1. The Hall–Kier alpha value is -1.44. The van der Waals surface area contributed by atoms with Gasteiger partial charge in [0.15, 0.2) is 0 Å². The van der Waals surface area contributed by atoms with Crippen LogP contribution in [-0.2, 0) is 16.1 Å². The molecule has 2 fully saturated rings. The maximum absolute atomic E-state index is 12.5. The van der Waals surface area contributed by atoms with Crippen LogP contribution in [0.5, 0.6) is 0 Å². The largest absolute Gasteiger partial charge is 0.391 e. The van der Waals surface area contributed by atoms with Crippen LogP contribution in [0.1, 0.15) is 25.7 Å². The summed E-state index contributed by atoms with van der Waals surface area (Å²) in [5.41, 5.74) is 0. The first kappa shape index (κ1) is 17.4. The lowest BCUT2D eigenvalue weighted by atomic mass is 9.99. The van der Waals surface area contributed by atoms with Gasteiger partial charge in [-0.2, -0.15) is 0 Å². The van der Waals surface area contributed by atoms with E-state index in [1.165, 1.54) is 0 Å². The normalized spacial score (nSPS) is 26.5. The highest BCUT2D eigenvalue weighted by atomic mass is 16.5. The van der Waals surface area contributed by atoms with Crippen molar-refractivity contribution in [3.8, 4) is 0 Å². The fraction of sp³-hybridized carbons (Fsp3) is 0.765. The molecule has 2 aliphatic rings. The van der Waals surface area contributed by atoms with Crippen molar-refractivity contribution in [1.82, 2.24) is 19.4 Å². The molecule has 0 unspecified atom stereocenters. The fourth-order valence-corrected chi connectivity index (χ4v) is 3.80. The van der Waals surface area contributed by atoms with E-state index >= 15 is 0 Å². The number of ether oxygens (including phenoxy) is 1. The molecule has 2 aliphatic heterocycles. The highest BCUT2D eigenvalue weighted by Gasteiger charge is 2.33. The van der Waals surface area contributed by atoms with Gasteiger partial charge in [-0.1, -0.05) is 0 Å². The fourth-order valence-electron chi connectivity index (χ4n) is 3.80. The Labute approximate surface area is 143 Å². The molecule has 0 aliphatic carbocycles. The third-order valence-corrected chi connectivity index (χ3v) is 5.35. The lowest BCUT2D eigenvalue weighted by Crippen LogP contribution is -2.48. The molecular formula is C17H28N4O3. The van der Waals surface area contributed by atoms with E-state index in [1.807, 2.05) is 4.90 Å². The van der Waals surface area contributed by atoms with Crippen LogP contribution in [0.4, 0.5) is 0 Å². The van der Waals surface area contributed by atoms with Crippen LogP contribution in [0.3, 0.4) is 0 Å². The number of aliphatic hydroxyl groups excluding tert-OH is 1. The second-order valence-corrected chi connectivity index (χ2v) is 6.84. The van der Waals surface area contributed by atoms with Crippen LogP contribution in [0, 0.1) is 0 Å². The minimum Gasteiger partial charge on any atom is -0.391 e. The topological polar surface area (TPSA) is 70.8 Å². The minimum atomic E-state index is -0.385. The summed E-state index contributed by atoms with van der Waals surface area (Å²) in [5.74, 6) is 0.0922. The Morgan fingerprint density at radius 2 is 2.04 bits per heavy atom. The maximum atomic E-state index is 12.5. The molecule has 0 spiro atoms. The average Bonchev–Trinajstić information content (AvgIpc) is 3.03. The SMILES string of the molecule is CN(C1CCOCC1)[C@H]1CCN(C(=O)Cn2ccnc2)CC[C@@H]1O. The van der Waals surface area contributed by atoms with Gasteiger partial charge in [-0.25, -0.2) is 4.98 Å². The number of carbonyl (C=O) groups is 1. The molecule has 3 heterocycles. The zero-order valence-electron chi connectivity index (χ0n) is 14.4. The number of nitrogens with zero attached hydrogens (tertiary/aromatic N) is 4. The number of likely N-dealkylation sites (tertiary alicyclic amines) is 1. The van der Waals surface area contributed by atoms with E-state index in [0.717, 1.165) is 32.5 Å². The van der Waals surface area contributed by atoms with E-state index < -0.39 is 0 Å². The predicted octanol–water partition coefficient (Wildman–Crippen LogP) is 0.346. The van der Waals surface area contributed by atoms with Crippen LogP contribution < -0.4 is 0 Å². The third kappa shape index (κ3) is 4.15. The molecule has 1 aromatic rings. The zero-order valence-corrected chi connectivity index (χ0v) is 14.4. The molecule has 2 atom stereocenters. The van der Waals surface area contributed by atoms with Gasteiger partial charge in [0.2, 0.25) is 5.91 Å². The minimum absolute atomic E-state index is 0.0922. The van der Waals surface area contributed by atoms with Gasteiger partial charge in [0.1, 0.15) is 6.54 Å². The lowest BCUT2D eigenvalue weighted by molar-refractivity contribution is -0.131. The van der Waals surface area contributed by atoms with E-state index in [9.17, 15) is 9.90 Å². The van der Waals surface area contributed by atoms with Crippen LogP contribution in [0.2, 0.25) is 0 Å². The van der Waals surface area contributed by atoms with Crippen molar-refractivity contribution in [3.63, 3.8) is 0 Å². The summed E-state index contributed by atoms with van der Waals surface area (Å²) in [7, 11) is 2.10. The Kier molecular flexibility index (Phi) is 5.86. The van der Waals surface area contributed by atoms with Crippen molar-refractivity contribution in [3.05, 3.63) is 18.7 Å². The number of imidazole rings is 1. The number of aliphatic hydroxyl groups is 1. The molecule has 0 bridgehead atoms. The summed E-state index contributed by atoms with van der Waals surface area (Å²) in [4.78, 5) is 20.6. The molecule has 1 amide bonds. The Morgan fingerprint density at radius 1 is 1.29 bits per heavy atom. The Morgan fingerprint density at radius 3 is 2.75 bits per heavy atom. The molecule has 1 aromatic heterocycles. The molecular weight excluding hydrogens is 308 g/mol. The number of aromatic nitrogens is 2. The summed E-state index contributed by atoms with van der Waals surface area (Å²) < 4.78 is 7.22. The maximum Gasteiger partial charge on any atom is 0.242 e. The van der Waals surface area contributed by atoms with Gasteiger partial charge < -0.3 is 19.3 Å². The number of carbonyl (C=O) groups excluding carboxylic acids is 1. The summed E-state index contributed by atoms with van der Waals surface area (Å²) in [6.45, 7) is 3.23. The summed E-state index contributed by atoms with van der Waals surface area (Å²) in [6, 6.07) is 0.575. The van der Waals surface area contributed by atoms with Crippen molar-refractivity contribution in [2.45, 2.75) is 50.4 Å². The van der Waals surface area contributed by atoms with E-state index in [0.29, 0.717) is 32.1 Å². The molecule has 134 valence electrons. The molecule has 1 N–H and O–H groups in total. The van der Waals surface area contributed by atoms with Gasteiger partial charge in [0, 0.05) is 50.8 Å². The number of amides is 1. The van der Waals surface area contributed by atoms with E-state index in [-0.39, 0.29) is 18.1 Å². The third-order valence-electron chi connectivity index (χ3n) is 5.35. The summed E-state index contributed by atoms with van der Waals surface area (Å²) >= 11 is 0. The molecule has 0 radical (unpaired) electrons. The molecule has 0 aromatic carbocycles. The van der Waals surface area contributed by atoms with Crippen molar-refractivity contribution in [2.24, 2.45) is 0 Å². The number of rotatable bonds is 4. The molecule has 7 heteroatoms. The van der Waals surface area contributed by atoms with E-state index in [4.69, 9.17) is 4.74 Å². The second-order valence-electron chi connectivity index (χ2n) is 6.84. The van der Waals surface area contributed by atoms with Gasteiger partial charge in [0.05, 0.1) is 12.4 Å². The van der Waals surface area contributed by atoms with Gasteiger partial charge in [-0.15, -0.1) is 0 Å². The predicted molar refractivity (Wildman–Crippen MR) is 89.4 cm³/mol.